The second-order valence-electron chi connectivity index (χ2n) is 3.31. The van der Waals surface area contributed by atoms with E-state index in [0.717, 1.165) is 5.56 Å². The molecule has 0 aromatic heterocycles. The molecule has 2 nitrogen and oxygen atoms in total. The molecule has 1 atom stereocenters. The summed E-state index contributed by atoms with van der Waals surface area (Å²) in [6, 6.07) is 5.07. The molecule has 1 unspecified atom stereocenters. The Morgan fingerprint density at radius 3 is 2.87 bits per heavy atom. The minimum absolute atomic E-state index is 0.100. The summed E-state index contributed by atoms with van der Waals surface area (Å²) >= 11 is 0. The Kier molecular flexibility index (Phi) is 4.31. The molecule has 0 fully saturated rings. The summed E-state index contributed by atoms with van der Waals surface area (Å²) < 4.78 is 18.2. The summed E-state index contributed by atoms with van der Waals surface area (Å²) in [5, 5.41) is 3.19. The highest BCUT2D eigenvalue weighted by atomic mass is 19.1. The summed E-state index contributed by atoms with van der Waals surface area (Å²) in [6.07, 6.45) is 1.77. The van der Waals surface area contributed by atoms with E-state index in [1.165, 1.54) is 13.2 Å². The fourth-order valence-corrected chi connectivity index (χ4v) is 1.33. The molecule has 0 bridgehead atoms. The van der Waals surface area contributed by atoms with Gasteiger partial charge in [0.2, 0.25) is 0 Å². The van der Waals surface area contributed by atoms with Crippen molar-refractivity contribution in [2.24, 2.45) is 0 Å². The Labute approximate surface area is 89.8 Å². The SMILES string of the molecule is C=CCNC(C)c1ccc(OC)c(F)c1. The van der Waals surface area contributed by atoms with E-state index in [1.54, 1.807) is 12.1 Å². The standard InChI is InChI=1S/C12H16FNO/c1-4-7-14-9(2)10-5-6-12(15-3)11(13)8-10/h4-6,8-9,14H,1,7H2,2-3H3. The maximum atomic E-state index is 13.4. The molecular formula is C12H16FNO. The van der Waals surface area contributed by atoms with E-state index in [1.807, 2.05) is 13.0 Å². The molecule has 15 heavy (non-hydrogen) atoms. The molecule has 1 aromatic rings. The molecule has 0 amide bonds. The fraction of sp³-hybridized carbons (Fsp3) is 0.333. The van der Waals surface area contributed by atoms with Crippen LogP contribution in [0.15, 0.2) is 30.9 Å². The van der Waals surface area contributed by atoms with E-state index in [2.05, 4.69) is 11.9 Å². The zero-order chi connectivity index (χ0) is 11.3. The molecule has 0 aliphatic heterocycles. The second kappa shape index (κ2) is 5.51. The van der Waals surface area contributed by atoms with Crippen LogP contribution in [0.25, 0.3) is 0 Å². The third-order valence-corrected chi connectivity index (χ3v) is 2.24. The monoisotopic (exact) mass is 209 g/mol. The molecule has 1 N–H and O–H groups in total. The molecular weight excluding hydrogens is 193 g/mol. The summed E-state index contributed by atoms with van der Waals surface area (Å²) in [6.45, 7) is 6.29. The van der Waals surface area contributed by atoms with Crippen molar-refractivity contribution in [1.82, 2.24) is 5.32 Å². The van der Waals surface area contributed by atoms with Crippen molar-refractivity contribution in [2.75, 3.05) is 13.7 Å². The molecule has 0 aliphatic rings. The van der Waals surface area contributed by atoms with E-state index in [-0.39, 0.29) is 17.6 Å². The maximum absolute atomic E-state index is 13.4. The maximum Gasteiger partial charge on any atom is 0.165 e. The zero-order valence-electron chi connectivity index (χ0n) is 9.09. The van der Waals surface area contributed by atoms with Gasteiger partial charge >= 0.3 is 0 Å². The molecule has 0 saturated heterocycles. The summed E-state index contributed by atoms with van der Waals surface area (Å²) in [7, 11) is 1.46. The molecule has 1 rings (SSSR count). The lowest BCUT2D eigenvalue weighted by Crippen LogP contribution is -2.18. The third-order valence-electron chi connectivity index (χ3n) is 2.24. The van der Waals surface area contributed by atoms with Crippen molar-refractivity contribution in [2.45, 2.75) is 13.0 Å². The van der Waals surface area contributed by atoms with Gasteiger partial charge in [0.05, 0.1) is 7.11 Å². The molecule has 0 heterocycles. The molecule has 82 valence electrons. The van der Waals surface area contributed by atoms with Gasteiger partial charge in [-0.2, -0.15) is 0 Å². The van der Waals surface area contributed by atoms with Crippen LogP contribution in [0.4, 0.5) is 4.39 Å². The summed E-state index contributed by atoms with van der Waals surface area (Å²) in [4.78, 5) is 0. The van der Waals surface area contributed by atoms with Crippen molar-refractivity contribution in [3.05, 3.63) is 42.2 Å². The van der Waals surface area contributed by atoms with Crippen molar-refractivity contribution in [3.8, 4) is 5.75 Å². The zero-order valence-corrected chi connectivity index (χ0v) is 9.09. The van der Waals surface area contributed by atoms with Gasteiger partial charge < -0.3 is 10.1 Å². The summed E-state index contributed by atoms with van der Waals surface area (Å²) in [5.74, 6) is -0.0584. The number of rotatable bonds is 5. The van der Waals surface area contributed by atoms with Gasteiger partial charge in [0, 0.05) is 12.6 Å². The molecule has 0 saturated carbocycles. The Hall–Kier alpha value is -1.35. The van der Waals surface area contributed by atoms with Crippen LogP contribution in [0.2, 0.25) is 0 Å². The van der Waals surface area contributed by atoms with E-state index in [0.29, 0.717) is 6.54 Å². The van der Waals surface area contributed by atoms with Gasteiger partial charge in [-0.3, -0.25) is 0 Å². The van der Waals surface area contributed by atoms with Crippen LogP contribution >= 0.6 is 0 Å². The average molecular weight is 209 g/mol. The topological polar surface area (TPSA) is 21.3 Å². The van der Waals surface area contributed by atoms with Crippen LogP contribution in [-0.2, 0) is 0 Å². The third kappa shape index (κ3) is 3.06. The van der Waals surface area contributed by atoms with E-state index in [4.69, 9.17) is 4.74 Å². The average Bonchev–Trinajstić information content (AvgIpc) is 2.25. The van der Waals surface area contributed by atoms with Crippen LogP contribution in [0, 0.1) is 5.82 Å². The van der Waals surface area contributed by atoms with Gasteiger partial charge in [0.15, 0.2) is 11.6 Å². The number of hydrogen-bond donors (Lipinski definition) is 1. The van der Waals surface area contributed by atoms with Gasteiger partial charge in [-0.25, -0.2) is 4.39 Å². The minimum atomic E-state index is -0.331. The van der Waals surface area contributed by atoms with Crippen molar-refractivity contribution in [1.29, 1.82) is 0 Å². The number of hydrogen-bond acceptors (Lipinski definition) is 2. The molecule has 1 aromatic carbocycles. The number of benzene rings is 1. The van der Waals surface area contributed by atoms with Gasteiger partial charge in [-0.1, -0.05) is 12.1 Å². The Bertz CT molecular complexity index is 338. The van der Waals surface area contributed by atoms with Crippen molar-refractivity contribution < 1.29 is 9.13 Å². The van der Waals surface area contributed by atoms with Gasteiger partial charge in [-0.15, -0.1) is 6.58 Å². The van der Waals surface area contributed by atoms with Crippen LogP contribution in [0.1, 0.15) is 18.5 Å². The summed E-state index contributed by atoms with van der Waals surface area (Å²) in [5.41, 5.74) is 0.898. The molecule has 0 radical (unpaired) electrons. The van der Waals surface area contributed by atoms with E-state index in [9.17, 15) is 4.39 Å². The Morgan fingerprint density at radius 1 is 1.60 bits per heavy atom. The highest BCUT2D eigenvalue weighted by molar-refractivity contribution is 5.30. The molecule has 3 heteroatoms. The van der Waals surface area contributed by atoms with Crippen molar-refractivity contribution >= 4 is 0 Å². The van der Waals surface area contributed by atoms with Crippen LogP contribution in [0.3, 0.4) is 0 Å². The first-order valence-electron chi connectivity index (χ1n) is 4.86. The number of nitrogens with one attached hydrogen (secondary N) is 1. The smallest absolute Gasteiger partial charge is 0.165 e. The highest BCUT2D eigenvalue weighted by Gasteiger charge is 2.08. The lowest BCUT2D eigenvalue weighted by Gasteiger charge is -2.13. The van der Waals surface area contributed by atoms with Gasteiger partial charge in [-0.05, 0) is 24.6 Å². The van der Waals surface area contributed by atoms with Gasteiger partial charge in [0.25, 0.3) is 0 Å². The van der Waals surface area contributed by atoms with Crippen LogP contribution in [0.5, 0.6) is 5.75 Å². The molecule has 0 aliphatic carbocycles. The lowest BCUT2D eigenvalue weighted by atomic mass is 10.1. The van der Waals surface area contributed by atoms with E-state index < -0.39 is 0 Å². The van der Waals surface area contributed by atoms with Gasteiger partial charge in [0.1, 0.15) is 0 Å². The second-order valence-corrected chi connectivity index (χ2v) is 3.31. The van der Waals surface area contributed by atoms with E-state index >= 15 is 0 Å². The largest absolute Gasteiger partial charge is 0.494 e. The first-order valence-corrected chi connectivity index (χ1v) is 4.86. The van der Waals surface area contributed by atoms with Crippen LogP contribution in [-0.4, -0.2) is 13.7 Å². The molecule has 0 spiro atoms. The lowest BCUT2D eigenvalue weighted by molar-refractivity contribution is 0.385. The number of methoxy groups -OCH3 is 1. The van der Waals surface area contributed by atoms with Crippen molar-refractivity contribution in [3.63, 3.8) is 0 Å². The van der Waals surface area contributed by atoms with Crippen LogP contribution < -0.4 is 10.1 Å². The first-order chi connectivity index (χ1) is 7.19. The number of ether oxygens (including phenoxy) is 1. The number of halogens is 1. The first kappa shape index (κ1) is 11.7. The Balaban J connectivity index is 2.77. The predicted octanol–water partition coefficient (Wildman–Crippen LogP) is 2.67. The predicted molar refractivity (Wildman–Crippen MR) is 59.6 cm³/mol. The normalized spacial score (nSPS) is 12.2. The minimum Gasteiger partial charge on any atom is -0.494 e. The fourth-order valence-electron chi connectivity index (χ4n) is 1.33. The Morgan fingerprint density at radius 2 is 2.33 bits per heavy atom. The highest BCUT2D eigenvalue weighted by Crippen LogP contribution is 2.21. The quantitative estimate of drug-likeness (QED) is 0.753.